The van der Waals surface area contributed by atoms with Crippen LogP contribution in [0.15, 0.2) is 54.6 Å². The number of nitrogens with zero attached hydrogens (tertiary/aromatic N) is 1. The fraction of sp³-hybridized carbons (Fsp3) is 0.433. The molecule has 13 heteroatoms. The van der Waals surface area contributed by atoms with E-state index < -0.39 is 53.6 Å². The van der Waals surface area contributed by atoms with Gasteiger partial charge in [-0.1, -0.05) is 42.5 Å². The fourth-order valence-corrected chi connectivity index (χ4v) is 5.94. The predicted molar refractivity (Wildman–Crippen MR) is 154 cm³/mol. The first-order valence-corrected chi connectivity index (χ1v) is 14.8. The Morgan fingerprint density at radius 3 is 2.44 bits per heavy atom. The Labute approximate surface area is 253 Å². The highest BCUT2D eigenvalue weighted by Crippen LogP contribution is 2.33. The predicted octanol–water partition coefficient (Wildman–Crippen LogP) is 1.37. The van der Waals surface area contributed by atoms with Gasteiger partial charge in [-0.05, 0) is 36.1 Å². The van der Waals surface area contributed by atoms with Crippen molar-refractivity contribution in [1.82, 2.24) is 10.2 Å². The molecule has 2 fully saturated rings. The summed E-state index contributed by atoms with van der Waals surface area (Å²) in [5, 5.41) is 12.5. The molecule has 0 saturated carbocycles. The maximum atomic E-state index is 13.1. The second-order valence-electron chi connectivity index (χ2n) is 10.1. The first-order valence-electron chi connectivity index (χ1n) is 13.7. The molecule has 2 heterocycles. The highest BCUT2D eigenvalue weighted by molar-refractivity contribution is 8.00. The van der Waals surface area contributed by atoms with E-state index in [1.807, 2.05) is 6.07 Å². The van der Waals surface area contributed by atoms with E-state index in [4.69, 9.17) is 18.9 Å². The van der Waals surface area contributed by atoms with E-state index in [9.17, 15) is 29.1 Å². The van der Waals surface area contributed by atoms with Crippen molar-refractivity contribution >= 4 is 41.3 Å². The Kier molecular flexibility index (Phi) is 11.1. The molecule has 0 radical (unpaired) electrons. The van der Waals surface area contributed by atoms with E-state index in [1.54, 1.807) is 48.5 Å². The van der Waals surface area contributed by atoms with Crippen molar-refractivity contribution in [2.24, 2.45) is 0 Å². The van der Waals surface area contributed by atoms with Crippen molar-refractivity contribution < 1.29 is 48.0 Å². The summed E-state index contributed by atoms with van der Waals surface area (Å²) in [7, 11) is 1.53. The lowest BCUT2D eigenvalue weighted by atomic mass is 10.1. The Bertz CT molecular complexity index is 1310. The van der Waals surface area contributed by atoms with Crippen LogP contribution in [0.1, 0.15) is 30.9 Å². The quantitative estimate of drug-likeness (QED) is 0.234. The Balaban J connectivity index is 1.38. The number of aliphatic hydroxyl groups is 1. The van der Waals surface area contributed by atoms with Crippen molar-refractivity contribution in [1.29, 1.82) is 0 Å². The zero-order chi connectivity index (χ0) is 30.9. The number of carbonyl (C=O) groups is 5. The number of thioether (sulfide) groups is 1. The van der Waals surface area contributed by atoms with Crippen molar-refractivity contribution in [2.45, 2.75) is 62.6 Å². The van der Waals surface area contributed by atoms with Crippen LogP contribution in [0.25, 0.3) is 0 Å². The van der Waals surface area contributed by atoms with Gasteiger partial charge in [-0.3, -0.25) is 24.1 Å². The van der Waals surface area contributed by atoms with Crippen LogP contribution in [-0.2, 0) is 51.2 Å². The number of hydrogen-bond acceptors (Lipinski definition) is 11. The molecule has 0 bridgehead atoms. The monoisotopic (exact) mass is 614 g/mol. The van der Waals surface area contributed by atoms with Gasteiger partial charge >= 0.3 is 11.9 Å². The lowest BCUT2D eigenvalue weighted by Gasteiger charge is -2.47. The number of hydrogen-bond donors (Lipinski definition) is 2. The number of ether oxygens (including phenoxy) is 4. The van der Waals surface area contributed by atoms with Crippen LogP contribution in [0.3, 0.4) is 0 Å². The second kappa shape index (κ2) is 15.0. The summed E-state index contributed by atoms with van der Waals surface area (Å²) in [5.41, 5.74) is 1.38. The molecule has 12 nitrogen and oxygen atoms in total. The second-order valence-corrected chi connectivity index (χ2v) is 11.2. The number of nitrogens with one attached hydrogen (secondary N) is 1. The Morgan fingerprint density at radius 2 is 1.77 bits per heavy atom. The smallest absolute Gasteiger partial charge is 0.356 e. The summed E-state index contributed by atoms with van der Waals surface area (Å²) < 4.78 is 21.0. The average Bonchev–Trinajstić information content (AvgIpc) is 3.49. The maximum absolute atomic E-state index is 13.1. The highest BCUT2D eigenvalue weighted by atomic mass is 32.2. The molecule has 2 aromatic carbocycles. The van der Waals surface area contributed by atoms with Crippen LogP contribution in [0.4, 0.5) is 0 Å². The van der Waals surface area contributed by atoms with E-state index in [-0.39, 0.29) is 31.2 Å². The number of benzene rings is 2. The lowest BCUT2D eigenvalue weighted by molar-refractivity contribution is -0.182. The third-order valence-corrected chi connectivity index (χ3v) is 8.25. The van der Waals surface area contributed by atoms with Gasteiger partial charge < -0.3 is 29.4 Å². The van der Waals surface area contributed by atoms with Crippen LogP contribution in [0.2, 0.25) is 0 Å². The number of likely N-dealkylation sites (tertiary alicyclic amines) is 1. The van der Waals surface area contributed by atoms with Crippen LogP contribution in [0, 0.1) is 0 Å². The minimum Gasteiger partial charge on any atom is -0.497 e. The first-order chi connectivity index (χ1) is 20.7. The van der Waals surface area contributed by atoms with Gasteiger partial charge in [-0.15, -0.1) is 11.8 Å². The van der Waals surface area contributed by atoms with Crippen LogP contribution < -0.4 is 10.1 Å². The minimum absolute atomic E-state index is 0.0209. The van der Waals surface area contributed by atoms with Crippen LogP contribution in [-0.4, -0.2) is 88.9 Å². The molecule has 2 aromatic rings. The topological polar surface area (TPSA) is 158 Å². The molecule has 2 amide bonds. The van der Waals surface area contributed by atoms with Gasteiger partial charge in [-0.25, -0.2) is 4.79 Å². The molecule has 4 rings (SSSR count). The van der Waals surface area contributed by atoms with Gasteiger partial charge in [0, 0.05) is 6.92 Å². The molecule has 1 unspecified atom stereocenters. The summed E-state index contributed by atoms with van der Waals surface area (Å²) in [6.07, 6.45) is -2.06. The molecule has 43 heavy (non-hydrogen) atoms. The molecule has 0 aromatic heterocycles. The van der Waals surface area contributed by atoms with Crippen molar-refractivity contribution in [3.05, 3.63) is 65.7 Å². The third-order valence-electron chi connectivity index (χ3n) is 6.95. The van der Waals surface area contributed by atoms with Crippen LogP contribution in [0.5, 0.6) is 5.75 Å². The fourth-order valence-electron chi connectivity index (χ4n) is 4.66. The summed E-state index contributed by atoms with van der Waals surface area (Å²) in [6, 6.07) is 14.7. The summed E-state index contributed by atoms with van der Waals surface area (Å²) in [5.74, 6) is -2.35. The minimum atomic E-state index is -1.95. The number of rotatable bonds is 14. The number of β-lactam (4-membered cyclic amide) rings is 1. The molecule has 2 aliphatic heterocycles. The summed E-state index contributed by atoms with van der Waals surface area (Å²) >= 11 is 1.00. The maximum Gasteiger partial charge on any atom is 0.356 e. The molecular weight excluding hydrogens is 580 g/mol. The normalized spacial score (nSPS) is 21.8. The number of esters is 2. The average molecular weight is 615 g/mol. The van der Waals surface area contributed by atoms with Gasteiger partial charge in [-0.2, -0.15) is 0 Å². The van der Waals surface area contributed by atoms with E-state index in [0.29, 0.717) is 24.2 Å². The number of Topliss-reactive ketones (excluding diaryl/α,β-unsaturated/α-hetero) is 1. The molecule has 2 N–H and O–H groups in total. The first kappa shape index (κ1) is 32.0. The summed E-state index contributed by atoms with van der Waals surface area (Å²) in [4.78, 5) is 63.5. The number of carbonyl (C=O) groups excluding carboxylic acids is 5. The van der Waals surface area contributed by atoms with Gasteiger partial charge in [0.15, 0.2) is 5.78 Å². The molecule has 0 aliphatic carbocycles. The third kappa shape index (κ3) is 8.55. The standard InChI is InChI=1S/C30H34N2O10S/c1-18(33)40-16-22-12-13-24(42-22)23(34)17-43-29-26(31-25(35)14-19-6-4-3-5-7-19)27(36)32(29)28(37)30(38)41-15-20-8-10-21(39-2)11-9-20/h3-11,22,24,26,28-29,37H,12-17H2,1-2H3,(H,31,35)/t22-,24-,26-,28?,29-/m1/s1. The van der Waals surface area contributed by atoms with Gasteiger partial charge in [0.05, 0.1) is 25.4 Å². The zero-order valence-corrected chi connectivity index (χ0v) is 24.6. The SMILES string of the molecule is COc1ccc(COC(=O)C(O)N2C(=O)[C@@H](NC(=O)Cc3ccccc3)[C@H]2SCC(=O)[C@H]2CC[C@H](COC(C)=O)O2)cc1. The Morgan fingerprint density at radius 1 is 1.05 bits per heavy atom. The van der Waals surface area contributed by atoms with Crippen LogP contribution >= 0.6 is 11.8 Å². The lowest BCUT2D eigenvalue weighted by Crippen LogP contribution is -2.73. The summed E-state index contributed by atoms with van der Waals surface area (Å²) in [6.45, 7) is 1.19. The van der Waals surface area contributed by atoms with Crippen molar-refractivity contribution in [2.75, 3.05) is 19.5 Å². The Hall–Kier alpha value is -3.94. The number of ketones is 1. The number of methoxy groups -OCH3 is 1. The van der Waals surface area contributed by atoms with E-state index in [0.717, 1.165) is 22.2 Å². The molecule has 5 atom stereocenters. The van der Waals surface area contributed by atoms with Gasteiger partial charge in [0.25, 0.3) is 5.91 Å². The number of aliphatic hydroxyl groups excluding tert-OH is 1. The molecule has 0 spiro atoms. The van der Waals surface area contributed by atoms with E-state index in [1.165, 1.54) is 14.0 Å². The molecule has 2 aliphatic rings. The van der Waals surface area contributed by atoms with Gasteiger partial charge in [0.1, 0.15) is 36.5 Å². The van der Waals surface area contributed by atoms with E-state index >= 15 is 0 Å². The molecule has 2 saturated heterocycles. The number of amides is 2. The van der Waals surface area contributed by atoms with Gasteiger partial charge in [0.2, 0.25) is 12.1 Å². The van der Waals surface area contributed by atoms with Crippen molar-refractivity contribution in [3.8, 4) is 5.75 Å². The molecule has 230 valence electrons. The zero-order valence-electron chi connectivity index (χ0n) is 23.8. The largest absolute Gasteiger partial charge is 0.497 e. The van der Waals surface area contributed by atoms with E-state index in [2.05, 4.69) is 5.32 Å². The molecular formula is C30H34N2O10S. The highest BCUT2D eigenvalue weighted by Gasteiger charge is 2.53. The van der Waals surface area contributed by atoms with Crippen molar-refractivity contribution in [3.63, 3.8) is 0 Å².